The van der Waals surface area contributed by atoms with Crippen LogP contribution in [0.3, 0.4) is 0 Å². The zero-order chi connectivity index (χ0) is 41.5. The third kappa shape index (κ3) is 6.25. The maximum absolute atomic E-state index is 15.4. The second kappa shape index (κ2) is 14.5. The molecule has 1 aromatic heterocycles. The number of aromatic hydroxyl groups is 1. The number of alkyl halides is 3. The number of allylic oxidation sites excluding steroid dienone is 2. The van der Waals surface area contributed by atoms with Crippen LogP contribution >= 0.6 is 34.8 Å². The highest BCUT2D eigenvalue weighted by Crippen LogP contribution is 2.65. The number of fused-ring (bicyclic) bond motifs is 4. The predicted molar refractivity (Wildman–Crippen MR) is 212 cm³/mol. The smallest absolute Gasteiger partial charge is 0.417 e. The molecule has 11 nitrogen and oxygen atoms in total. The Labute approximate surface area is 350 Å². The zero-order valence-corrected chi connectivity index (χ0v) is 33.0. The highest BCUT2D eigenvalue weighted by atomic mass is 35.5. The van der Waals surface area contributed by atoms with Crippen molar-refractivity contribution in [3.63, 3.8) is 0 Å². The van der Waals surface area contributed by atoms with Gasteiger partial charge in [0.25, 0.3) is 11.8 Å². The molecule has 3 aromatic carbocycles. The summed E-state index contributed by atoms with van der Waals surface area (Å²) in [6.07, 6.45) is -2.30. The number of benzene rings is 3. The first-order valence-electron chi connectivity index (χ1n) is 18.8. The summed E-state index contributed by atoms with van der Waals surface area (Å²) in [5, 5.41) is 11.1. The summed E-state index contributed by atoms with van der Waals surface area (Å²) < 4.78 is 46.0. The number of morpholine rings is 1. The SMILES string of the molecule is O=C1C2CC3C(=CCC4C(=O)N(c5ccc(N6CCOCC6)cc5)C(=O)C43)C(c3ccc(O)cc3Cl)C2(c2ccc(Cl)cc2)C(=O)N1Nc1ncc(C(F)(F)F)cc1Cl. The van der Waals surface area contributed by atoms with E-state index in [0.717, 1.165) is 5.69 Å². The molecule has 59 heavy (non-hydrogen) atoms. The molecule has 3 saturated heterocycles. The lowest BCUT2D eigenvalue weighted by Gasteiger charge is -2.50. The lowest BCUT2D eigenvalue weighted by atomic mass is 9.49. The van der Waals surface area contributed by atoms with Gasteiger partial charge in [0.2, 0.25) is 11.8 Å². The van der Waals surface area contributed by atoms with Crippen molar-refractivity contribution in [1.29, 1.82) is 0 Å². The third-order valence-electron chi connectivity index (χ3n) is 12.3. The Morgan fingerprint density at radius 3 is 2.19 bits per heavy atom. The lowest BCUT2D eigenvalue weighted by Crippen LogP contribution is -2.53. The van der Waals surface area contributed by atoms with E-state index in [-0.39, 0.29) is 35.3 Å². The summed E-state index contributed by atoms with van der Waals surface area (Å²) in [6.45, 7) is 2.58. The highest BCUT2D eigenvalue weighted by Gasteiger charge is 2.70. The second-order valence-corrected chi connectivity index (χ2v) is 16.5. The number of aromatic nitrogens is 1. The van der Waals surface area contributed by atoms with Gasteiger partial charge in [-0.15, -0.1) is 0 Å². The van der Waals surface area contributed by atoms with Gasteiger partial charge in [0.1, 0.15) is 5.75 Å². The summed E-state index contributed by atoms with van der Waals surface area (Å²) in [5.41, 5.74) is 2.35. The van der Waals surface area contributed by atoms with Gasteiger partial charge >= 0.3 is 6.18 Å². The van der Waals surface area contributed by atoms with Gasteiger partial charge in [0, 0.05) is 40.9 Å². The molecule has 4 amide bonds. The number of nitrogens with zero attached hydrogens (tertiary/aromatic N) is 4. The number of nitrogens with one attached hydrogen (secondary N) is 1. The number of phenolic OH excluding ortho intramolecular Hbond substituents is 1. The molecule has 304 valence electrons. The number of imide groups is 2. The van der Waals surface area contributed by atoms with Crippen LogP contribution in [0.25, 0.3) is 0 Å². The summed E-state index contributed by atoms with van der Waals surface area (Å²) in [6, 6.07) is 18.5. The van der Waals surface area contributed by atoms with Crippen LogP contribution in [0.4, 0.5) is 30.4 Å². The minimum atomic E-state index is -4.76. The standard InChI is InChI=1S/C42H33Cl3F3N5O6/c43-23-3-1-21(2-4-23)41-31(38(56)53(40(41)58)50-36-33(45)17-22(20-49-36)42(46,47)48)19-30-27(35(41)28-10-9-26(54)18-32(28)44)11-12-29-34(30)39(57)52(37(29)55)25-7-5-24(6-8-25)51-13-15-59-16-14-51/h1-11,17-18,20,29-31,34-35,54H,12-16,19H2,(H,49,50). The van der Waals surface area contributed by atoms with Crippen molar-refractivity contribution in [3.05, 3.63) is 122 Å². The largest absolute Gasteiger partial charge is 0.508 e. The minimum Gasteiger partial charge on any atom is -0.508 e. The number of halogens is 6. The van der Waals surface area contributed by atoms with Gasteiger partial charge in [-0.3, -0.25) is 29.5 Å². The van der Waals surface area contributed by atoms with Crippen LogP contribution in [-0.2, 0) is 35.5 Å². The fourth-order valence-corrected chi connectivity index (χ4v) is 10.4. The van der Waals surface area contributed by atoms with E-state index in [1.54, 1.807) is 42.5 Å². The topological polar surface area (TPSA) is 132 Å². The monoisotopic (exact) mass is 865 g/mol. The number of hydrogen-bond donors (Lipinski definition) is 2. The van der Waals surface area contributed by atoms with Gasteiger partial charge < -0.3 is 14.7 Å². The van der Waals surface area contributed by atoms with Gasteiger partial charge in [-0.1, -0.05) is 64.7 Å². The Hall–Kier alpha value is -5.15. The van der Waals surface area contributed by atoms with Crippen molar-refractivity contribution in [2.24, 2.45) is 23.7 Å². The van der Waals surface area contributed by atoms with Crippen LogP contribution in [-0.4, -0.2) is 65.0 Å². The highest BCUT2D eigenvalue weighted by molar-refractivity contribution is 6.33. The van der Waals surface area contributed by atoms with E-state index in [0.29, 0.717) is 71.0 Å². The zero-order valence-electron chi connectivity index (χ0n) is 30.8. The Morgan fingerprint density at radius 1 is 0.831 bits per heavy atom. The van der Waals surface area contributed by atoms with Crippen LogP contribution in [0.1, 0.15) is 35.4 Å². The molecule has 0 bridgehead atoms. The fourth-order valence-electron chi connectivity index (χ4n) is 9.77. The molecule has 1 saturated carbocycles. The van der Waals surface area contributed by atoms with E-state index in [1.165, 1.54) is 17.0 Å². The first kappa shape index (κ1) is 39.3. The van der Waals surface area contributed by atoms with Gasteiger partial charge in [0.05, 0.1) is 52.7 Å². The summed E-state index contributed by atoms with van der Waals surface area (Å²) in [7, 11) is 0. The normalized spacial score (nSPS) is 26.8. The Kier molecular flexibility index (Phi) is 9.69. The van der Waals surface area contributed by atoms with Gasteiger partial charge in [0.15, 0.2) is 5.82 Å². The molecule has 6 unspecified atom stereocenters. The van der Waals surface area contributed by atoms with E-state index >= 15 is 4.79 Å². The summed E-state index contributed by atoms with van der Waals surface area (Å²) in [5.74, 6) is -7.64. The van der Waals surface area contributed by atoms with Crippen molar-refractivity contribution in [2.45, 2.75) is 30.4 Å². The van der Waals surface area contributed by atoms with Crippen LogP contribution in [0.5, 0.6) is 5.75 Å². The molecule has 2 aliphatic carbocycles. The fraction of sp³-hybridized carbons (Fsp3) is 0.310. The number of hydrazine groups is 1. The van der Waals surface area contributed by atoms with Crippen molar-refractivity contribution >= 4 is 75.6 Å². The first-order chi connectivity index (χ1) is 28.2. The first-order valence-corrected chi connectivity index (χ1v) is 20.0. The molecule has 9 rings (SSSR count). The molecular formula is C42H33Cl3F3N5O6. The lowest BCUT2D eigenvalue weighted by molar-refractivity contribution is -0.139. The van der Waals surface area contributed by atoms with Gasteiger partial charge in [-0.05, 0) is 84.5 Å². The molecule has 4 fully saturated rings. The van der Waals surface area contributed by atoms with Crippen LogP contribution in [0.15, 0.2) is 90.6 Å². The van der Waals surface area contributed by atoms with Crippen molar-refractivity contribution in [3.8, 4) is 5.75 Å². The average molecular weight is 867 g/mol. The maximum Gasteiger partial charge on any atom is 0.417 e. The van der Waals surface area contributed by atoms with Crippen LogP contribution < -0.4 is 15.2 Å². The number of hydrogen-bond acceptors (Lipinski definition) is 9. The number of anilines is 3. The van der Waals surface area contributed by atoms with Crippen LogP contribution in [0, 0.1) is 23.7 Å². The average Bonchev–Trinajstić information content (AvgIpc) is 3.59. The third-order valence-corrected chi connectivity index (χ3v) is 13.2. The van der Waals surface area contributed by atoms with Crippen molar-refractivity contribution in [1.82, 2.24) is 9.99 Å². The molecule has 17 heteroatoms. The Balaban J connectivity index is 1.16. The second-order valence-electron chi connectivity index (χ2n) is 15.3. The molecule has 0 radical (unpaired) electrons. The minimum absolute atomic E-state index is 0.0679. The van der Waals surface area contributed by atoms with Crippen LogP contribution in [0.2, 0.25) is 15.1 Å². The summed E-state index contributed by atoms with van der Waals surface area (Å²) >= 11 is 19.5. The molecular weight excluding hydrogens is 834 g/mol. The van der Waals surface area contributed by atoms with E-state index in [4.69, 9.17) is 39.5 Å². The number of carbonyl (C=O) groups excluding carboxylic acids is 4. The number of rotatable bonds is 6. The quantitative estimate of drug-likeness (QED) is 0.147. The molecule has 0 spiro atoms. The molecule has 4 aromatic rings. The predicted octanol–water partition coefficient (Wildman–Crippen LogP) is 7.79. The Bertz CT molecular complexity index is 2450. The molecule has 2 N–H and O–H groups in total. The number of carbonyl (C=O) groups is 4. The van der Waals surface area contributed by atoms with E-state index < -0.39 is 69.5 Å². The molecule has 4 heterocycles. The molecule has 5 aliphatic rings. The van der Waals surface area contributed by atoms with E-state index in [1.807, 2.05) is 18.2 Å². The maximum atomic E-state index is 15.4. The Morgan fingerprint density at radius 2 is 1.53 bits per heavy atom. The molecule has 6 atom stereocenters. The van der Waals surface area contributed by atoms with E-state index in [2.05, 4.69) is 15.3 Å². The van der Waals surface area contributed by atoms with Crippen molar-refractivity contribution < 1.29 is 42.2 Å². The van der Waals surface area contributed by atoms with Crippen molar-refractivity contribution in [2.75, 3.05) is 41.5 Å². The van der Waals surface area contributed by atoms with Gasteiger partial charge in [-0.25, -0.2) is 4.98 Å². The number of pyridine rings is 1. The number of amides is 4. The molecule has 3 aliphatic heterocycles. The van der Waals surface area contributed by atoms with E-state index in [9.17, 15) is 32.7 Å². The number of phenols is 1. The van der Waals surface area contributed by atoms with Gasteiger partial charge in [-0.2, -0.15) is 18.2 Å². The number of ether oxygens (including phenoxy) is 1. The summed E-state index contributed by atoms with van der Waals surface area (Å²) in [4.78, 5) is 66.4.